The SMILES string of the molecule is C[C@@H](c1ccc(C(=O)NCCC(=O)O)cc1)n1nc(-c2cc(Cl)cc(Cl)c2)cc1-c1cc2ccccc2[nH]1. The van der Waals surface area contributed by atoms with Gasteiger partial charge in [0.05, 0.1) is 29.5 Å². The number of aliphatic carboxylic acids is 1. The van der Waals surface area contributed by atoms with E-state index in [1.807, 2.05) is 60.1 Å². The monoisotopic (exact) mass is 546 g/mol. The van der Waals surface area contributed by atoms with Gasteiger partial charge in [0.1, 0.15) is 0 Å². The Kier molecular flexibility index (Phi) is 7.22. The van der Waals surface area contributed by atoms with Crippen LogP contribution in [0.15, 0.2) is 78.9 Å². The summed E-state index contributed by atoms with van der Waals surface area (Å²) in [5, 5.41) is 18.5. The van der Waals surface area contributed by atoms with Crippen molar-refractivity contribution < 1.29 is 14.7 Å². The molecular formula is C29H24Cl2N4O3. The highest BCUT2D eigenvalue weighted by Crippen LogP contribution is 2.34. The lowest BCUT2D eigenvalue weighted by molar-refractivity contribution is -0.136. The zero-order valence-electron chi connectivity index (χ0n) is 20.4. The minimum atomic E-state index is -0.959. The molecular weight excluding hydrogens is 523 g/mol. The minimum Gasteiger partial charge on any atom is -0.481 e. The van der Waals surface area contributed by atoms with Crippen molar-refractivity contribution in [2.24, 2.45) is 0 Å². The van der Waals surface area contributed by atoms with Gasteiger partial charge in [0.25, 0.3) is 5.91 Å². The second kappa shape index (κ2) is 10.7. The first-order chi connectivity index (χ1) is 18.3. The number of carboxylic acid groups (broad SMARTS) is 1. The summed E-state index contributed by atoms with van der Waals surface area (Å²) < 4.78 is 1.94. The molecule has 0 radical (unpaired) electrons. The Labute approximate surface area is 229 Å². The number of rotatable bonds is 8. The number of para-hydroxylation sites is 1. The number of hydrogen-bond acceptors (Lipinski definition) is 3. The fraction of sp³-hybridized carbons (Fsp3) is 0.138. The molecule has 1 amide bonds. The van der Waals surface area contributed by atoms with Gasteiger partial charge in [-0.2, -0.15) is 5.10 Å². The van der Waals surface area contributed by atoms with Gasteiger partial charge in [0, 0.05) is 38.6 Å². The van der Waals surface area contributed by atoms with Crippen molar-refractivity contribution in [3.05, 3.63) is 100 Å². The highest BCUT2D eigenvalue weighted by atomic mass is 35.5. The summed E-state index contributed by atoms with van der Waals surface area (Å²) in [5.74, 6) is -1.28. The van der Waals surface area contributed by atoms with Gasteiger partial charge < -0.3 is 15.4 Å². The molecule has 1 atom stereocenters. The predicted molar refractivity (Wildman–Crippen MR) is 150 cm³/mol. The Morgan fingerprint density at radius 1 is 1.00 bits per heavy atom. The van der Waals surface area contributed by atoms with Crippen molar-refractivity contribution >= 4 is 46.0 Å². The van der Waals surface area contributed by atoms with Gasteiger partial charge in [-0.3, -0.25) is 14.3 Å². The third kappa shape index (κ3) is 5.44. The number of carboxylic acids is 1. The smallest absolute Gasteiger partial charge is 0.305 e. The molecule has 9 heteroatoms. The van der Waals surface area contributed by atoms with Crippen LogP contribution in [-0.2, 0) is 4.79 Å². The summed E-state index contributed by atoms with van der Waals surface area (Å²) in [6.07, 6.45) is -0.128. The van der Waals surface area contributed by atoms with E-state index in [9.17, 15) is 9.59 Å². The first-order valence-electron chi connectivity index (χ1n) is 12.0. The Morgan fingerprint density at radius 2 is 1.71 bits per heavy atom. The predicted octanol–water partition coefficient (Wildman–Crippen LogP) is 6.82. The van der Waals surface area contributed by atoms with Crippen LogP contribution in [0.4, 0.5) is 0 Å². The van der Waals surface area contributed by atoms with Gasteiger partial charge in [-0.15, -0.1) is 0 Å². The number of carbonyl (C=O) groups is 2. The van der Waals surface area contributed by atoms with Crippen LogP contribution in [0.1, 0.15) is 35.3 Å². The average molecular weight is 547 g/mol. The first kappa shape index (κ1) is 25.6. The Morgan fingerprint density at radius 3 is 2.39 bits per heavy atom. The maximum absolute atomic E-state index is 12.4. The van der Waals surface area contributed by atoms with Gasteiger partial charge in [0.2, 0.25) is 0 Å². The van der Waals surface area contributed by atoms with E-state index in [4.69, 9.17) is 33.4 Å². The van der Waals surface area contributed by atoms with E-state index in [2.05, 4.69) is 22.4 Å². The van der Waals surface area contributed by atoms with Crippen LogP contribution in [0.2, 0.25) is 10.0 Å². The summed E-state index contributed by atoms with van der Waals surface area (Å²) in [5.41, 5.74) is 5.76. The molecule has 7 nitrogen and oxygen atoms in total. The van der Waals surface area contributed by atoms with Gasteiger partial charge in [-0.25, -0.2) is 0 Å². The van der Waals surface area contributed by atoms with Gasteiger partial charge >= 0.3 is 5.97 Å². The minimum absolute atomic E-state index is 0.0732. The molecule has 38 heavy (non-hydrogen) atoms. The molecule has 2 aromatic heterocycles. The molecule has 2 heterocycles. The molecule has 0 spiro atoms. The molecule has 0 saturated heterocycles. The number of halogens is 2. The largest absolute Gasteiger partial charge is 0.481 e. The number of nitrogens with one attached hydrogen (secondary N) is 2. The van der Waals surface area contributed by atoms with E-state index in [1.165, 1.54) is 0 Å². The lowest BCUT2D eigenvalue weighted by Gasteiger charge is -2.16. The van der Waals surface area contributed by atoms with Gasteiger partial charge in [-0.1, -0.05) is 53.5 Å². The van der Waals surface area contributed by atoms with E-state index >= 15 is 0 Å². The average Bonchev–Trinajstić information content (AvgIpc) is 3.52. The summed E-state index contributed by atoms with van der Waals surface area (Å²) >= 11 is 12.6. The van der Waals surface area contributed by atoms with Crippen LogP contribution in [0.3, 0.4) is 0 Å². The zero-order chi connectivity index (χ0) is 26.8. The normalized spacial score (nSPS) is 12.0. The number of hydrogen-bond donors (Lipinski definition) is 3. The molecule has 0 fully saturated rings. The number of aromatic amines is 1. The number of amides is 1. The van der Waals surface area contributed by atoms with Crippen LogP contribution in [0, 0.1) is 0 Å². The quantitative estimate of drug-likeness (QED) is 0.199. The van der Waals surface area contributed by atoms with Crippen molar-refractivity contribution in [3.63, 3.8) is 0 Å². The maximum atomic E-state index is 12.4. The number of nitrogens with zero attached hydrogens (tertiary/aromatic N) is 2. The number of aromatic nitrogens is 3. The Hall–Kier alpha value is -4.07. The molecule has 192 valence electrons. The Bertz CT molecular complexity index is 1590. The fourth-order valence-electron chi connectivity index (χ4n) is 4.38. The van der Waals surface area contributed by atoms with Crippen molar-refractivity contribution in [3.8, 4) is 22.6 Å². The third-order valence-corrected chi connectivity index (χ3v) is 6.78. The van der Waals surface area contributed by atoms with Crippen molar-refractivity contribution in [1.82, 2.24) is 20.1 Å². The van der Waals surface area contributed by atoms with E-state index in [0.717, 1.165) is 39.1 Å². The molecule has 5 aromatic rings. The molecule has 0 unspecified atom stereocenters. The van der Waals surface area contributed by atoms with Gasteiger partial charge in [-0.05, 0) is 61.0 Å². The molecule has 0 aliphatic carbocycles. The summed E-state index contributed by atoms with van der Waals surface area (Å²) in [4.78, 5) is 26.6. The molecule has 3 aromatic carbocycles. The van der Waals surface area contributed by atoms with Crippen molar-refractivity contribution in [1.29, 1.82) is 0 Å². The standard InChI is InChI=1S/C29H24Cl2N4O3/c1-17(18-6-8-19(9-7-18)29(38)32-11-10-28(36)37)35-27(26-14-20-4-2-3-5-24(20)33-26)16-25(34-35)21-12-22(30)15-23(31)13-21/h2-9,12-17,33H,10-11H2,1H3,(H,32,38)(H,36,37)/t17-/m0/s1. The number of H-pyrrole nitrogens is 1. The number of fused-ring (bicyclic) bond motifs is 1. The Balaban J connectivity index is 1.51. The molecule has 0 aliphatic heterocycles. The second-order valence-corrected chi connectivity index (χ2v) is 9.86. The summed E-state index contributed by atoms with van der Waals surface area (Å²) in [7, 11) is 0. The van der Waals surface area contributed by atoms with Crippen LogP contribution in [0.25, 0.3) is 33.5 Å². The van der Waals surface area contributed by atoms with Crippen molar-refractivity contribution in [2.75, 3.05) is 6.54 Å². The van der Waals surface area contributed by atoms with E-state index in [0.29, 0.717) is 15.6 Å². The summed E-state index contributed by atoms with van der Waals surface area (Å²) in [6, 6.07) is 24.5. The summed E-state index contributed by atoms with van der Waals surface area (Å²) in [6.45, 7) is 2.11. The molecule has 3 N–H and O–H groups in total. The van der Waals surface area contributed by atoms with Crippen LogP contribution >= 0.6 is 23.2 Å². The topological polar surface area (TPSA) is 100 Å². The zero-order valence-corrected chi connectivity index (χ0v) is 21.9. The molecule has 5 rings (SSSR count). The van der Waals surface area contributed by atoms with E-state index in [1.54, 1.807) is 18.2 Å². The molecule has 0 saturated carbocycles. The van der Waals surface area contributed by atoms with Gasteiger partial charge in [0.15, 0.2) is 0 Å². The lowest BCUT2D eigenvalue weighted by atomic mass is 10.1. The molecule has 0 aliphatic rings. The second-order valence-electron chi connectivity index (χ2n) is 8.99. The van der Waals surface area contributed by atoms with Crippen molar-refractivity contribution in [2.45, 2.75) is 19.4 Å². The fourth-order valence-corrected chi connectivity index (χ4v) is 4.91. The third-order valence-electron chi connectivity index (χ3n) is 6.35. The highest BCUT2D eigenvalue weighted by molar-refractivity contribution is 6.35. The molecule has 0 bridgehead atoms. The number of benzene rings is 3. The van der Waals surface area contributed by atoms with Crippen LogP contribution in [0.5, 0.6) is 0 Å². The van der Waals surface area contributed by atoms with Crippen LogP contribution in [-0.4, -0.2) is 38.3 Å². The number of carbonyl (C=O) groups excluding carboxylic acids is 1. The van der Waals surface area contributed by atoms with E-state index in [-0.39, 0.29) is 24.9 Å². The maximum Gasteiger partial charge on any atom is 0.305 e. The van der Waals surface area contributed by atoms with E-state index < -0.39 is 5.97 Å². The highest BCUT2D eigenvalue weighted by Gasteiger charge is 2.20. The lowest BCUT2D eigenvalue weighted by Crippen LogP contribution is -2.26. The first-order valence-corrected chi connectivity index (χ1v) is 12.8. The van der Waals surface area contributed by atoms with Crippen LogP contribution < -0.4 is 5.32 Å².